The standard InChI is InChI=1S/C18H24BrN3O2/c1-20-6-4-8-22-12-15-9-16(19)18(17(10-15)23-2)24-13-14-5-3-7-21-11-14/h3,5,7,9-11,20,22H,4,6,8,12-13H2,1-2H3. The Balaban J connectivity index is 1.98. The van der Waals surface area contributed by atoms with E-state index in [-0.39, 0.29) is 0 Å². The average Bonchev–Trinajstić information content (AvgIpc) is 2.61. The minimum absolute atomic E-state index is 0.449. The molecule has 2 rings (SSSR count). The molecule has 1 aromatic carbocycles. The number of halogens is 1. The molecule has 0 aliphatic heterocycles. The van der Waals surface area contributed by atoms with Crippen LogP contribution in [0.25, 0.3) is 0 Å². The van der Waals surface area contributed by atoms with Crippen LogP contribution in [0, 0.1) is 0 Å². The van der Waals surface area contributed by atoms with Crippen molar-refractivity contribution in [3.63, 3.8) is 0 Å². The van der Waals surface area contributed by atoms with Gasteiger partial charge in [0.05, 0.1) is 11.6 Å². The maximum Gasteiger partial charge on any atom is 0.175 e. The molecule has 0 saturated heterocycles. The smallest absolute Gasteiger partial charge is 0.175 e. The van der Waals surface area contributed by atoms with Crippen molar-refractivity contribution in [2.45, 2.75) is 19.6 Å². The number of nitrogens with zero attached hydrogens (tertiary/aromatic N) is 1. The van der Waals surface area contributed by atoms with Crippen LogP contribution >= 0.6 is 15.9 Å². The predicted octanol–water partition coefficient (Wildman–Crippen LogP) is 3.13. The van der Waals surface area contributed by atoms with Crippen LogP contribution in [-0.2, 0) is 13.2 Å². The first-order valence-corrected chi connectivity index (χ1v) is 8.77. The van der Waals surface area contributed by atoms with Gasteiger partial charge in [0, 0.05) is 24.5 Å². The highest BCUT2D eigenvalue weighted by molar-refractivity contribution is 9.10. The summed E-state index contributed by atoms with van der Waals surface area (Å²) in [4.78, 5) is 4.10. The van der Waals surface area contributed by atoms with Crippen molar-refractivity contribution in [1.29, 1.82) is 0 Å². The number of hydrogen-bond acceptors (Lipinski definition) is 5. The van der Waals surface area contributed by atoms with Gasteiger partial charge in [-0.05, 0) is 66.3 Å². The quantitative estimate of drug-likeness (QED) is 0.607. The van der Waals surface area contributed by atoms with Crippen molar-refractivity contribution >= 4 is 15.9 Å². The third-order valence-corrected chi connectivity index (χ3v) is 4.09. The maximum absolute atomic E-state index is 5.92. The highest BCUT2D eigenvalue weighted by Crippen LogP contribution is 2.37. The Morgan fingerprint density at radius 1 is 1.21 bits per heavy atom. The molecule has 1 heterocycles. The third kappa shape index (κ3) is 5.78. The molecule has 130 valence electrons. The van der Waals surface area contributed by atoms with Crippen LogP contribution in [0.1, 0.15) is 17.5 Å². The molecule has 0 saturated carbocycles. The van der Waals surface area contributed by atoms with E-state index in [0.717, 1.165) is 47.4 Å². The topological polar surface area (TPSA) is 55.4 Å². The minimum atomic E-state index is 0.449. The molecule has 2 N–H and O–H groups in total. The van der Waals surface area contributed by atoms with Gasteiger partial charge >= 0.3 is 0 Å². The summed E-state index contributed by atoms with van der Waals surface area (Å²) in [5.74, 6) is 1.43. The maximum atomic E-state index is 5.92. The van der Waals surface area contributed by atoms with E-state index in [4.69, 9.17) is 9.47 Å². The summed E-state index contributed by atoms with van der Waals surface area (Å²) in [6, 6.07) is 7.95. The van der Waals surface area contributed by atoms with Crippen LogP contribution < -0.4 is 20.1 Å². The summed E-state index contributed by atoms with van der Waals surface area (Å²) >= 11 is 3.59. The number of nitrogens with one attached hydrogen (secondary N) is 2. The van der Waals surface area contributed by atoms with Crippen LogP contribution in [0.2, 0.25) is 0 Å². The molecule has 5 nitrogen and oxygen atoms in total. The fourth-order valence-corrected chi connectivity index (χ4v) is 2.88. The number of benzene rings is 1. The first-order valence-electron chi connectivity index (χ1n) is 7.98. The third-order valence-electron chi connectivity index (χ3n) is 3.50. The van der Waals surface area contributed by atoms with Gasteiger partial charge in [-0.15, -0.1) is 0 Å². The van der Waals surface area contributed by atoms with E-state index in [0.29, 0.717) is 12.4 Å². The zero-order valence-electron chi connectivity index (χ0n) is 14.1. The largest absolute Gasteiger partial charge is 0.493 e. The number of methoxy groups -OCH3 is 1. The molecule has 0 spiro atoms. The SMILES string of the molecule is CNCCCNCc1cc(Br)c(OCc2cccnc2)c(OC)c1. The van der Waals surface area contributed by atoms with Crippen molar-refractivity contribution in [2.24, 2.45) is 0 Å². The molecule has 0 amide bonds. The average molecular weight is 394 g/mol. The van der Waals surface area contributed by atoms with E-state index in [9.17, 15) is 0 Å². The molecular formula is C18H24BrN3O2. The van der Waals surface area contributed by atoms with Crippen LogP contribution in [0.5, 0.6) is 11.5 Å². The molecule has 0 aliphatic carbocycles. The Hall–Kier alpha value is -1.63. The van der Waals surface area contributed by atoms with E-state index in [1.807, 2.05) is 25.2 Å². The molecule has 0 fully saturated rings. The van der Waals surface area contributed by atoms with Gasteiger partial charge in [-0.2, -0.15) is 0 Å². The number of ether oxygens (including phenoxy) is 2. The van der Waals surface area contributed by atoms with Crippen molar-refractivity contribution < 1.29 is 9.47 Å². The molecule has 0 atom stereocenters. The Kier molecular flexibility index (Phi) is 8.01. The molecule has 1 aromatic heterocycles. The second-order valence-electron chi connectivity index (χ2n) is 5.39. The minimum Gasteiger partial charge on any atom is -0.493 e. The molecule has 0 radical (unpaired) electrons. The van der Waals surface area contributed by atoms with Gasteiger partial charge in [0.15, 0.2) is 11.5 Å². The van der Waals surface area contributed by atoms with E-state index in [1.54, 1.807) is 19.5 Å². The summed E-state index contributed by atoms with van der Waals surface area (Å²) in [6.45, 7) is 3.23. The summed E-state index contributed by atoms with van der Waals surface area (Å²) in [5.41, 5.74) is 2.17. The molecule has 6 heteroatoms. The number of rotatable bonds is 10. The van der Waals surface area contributed by atoms with Crippen LogP contribution in [0.4, 0.5) is 0 Å². The highest BCUT2D eigenvalue weighted by Gasteiger charge is 2.12. The fraction of sp³-hybridized carbons (Fsp3) is 0.389. The Morgan fingerprint density at radius 3 is 2.79 bits per heavy atom. The molecule has 0 aliphatic rings. The van der Waals surface area contributed by atoms with E-state index in [2.05, 4.69) is 37.6 Å². The molecule has 24 heavy (non-hydrogen) atoms. The highest BCUT2D eigenvalue weighted by atomic mass is 79.9. The predicted molar refractivity (Wildman–Crippen MR) is 99.5 cm³/mol. The lowest BCUT2D eigenvalue weighted by Crippen LogP contribution is -2.19. The van der Waals surface area contributed by atoms with Gasteiger partial charge < -0.3 is 20.1 Å². The Labute approximate surface area is 151 Å². The first-order chi connectivity index (χ1) is 11.7. The normalized spacial score (nSPS) is 10.6. The Bertz CT molecular complexity index is 623. The van der Waals surface area contributed by atoms with Gasteiger partial charge in [-0.3, -0.25) is 4.98 Å². The van der Waals surface area contributed by atoms with Crippen molar-refractivity contribution in [3.8, 4) is 11.5 Å². The first kappa shape index (κ1) is 18.7. The second-order valence-corrected chi connectivity index (χ2v) is 6.25. The van der Waals surface area contributed by atoms with Gasteiger partial charge in [-0.25, -0.2) is 0 Å². The number of pyridine rings is 1. The molecule has 0 bridgehead atoms. The molecule has 2 aromatic rings. The monoisotopic (exact) mass is 393 g/mol. The van der Waals surface area contributed by atoms with Crippen molar-refractivity contribution in [2.75, 3.05) is 27.2 Å². The number of hydrogen-bond donors (Lipinski definition) is 2. The summed E-state index contributed by atoms with van der Waals surface area (Å²) in [5, 5.41) is 6.57. The van der Waals surface area contributed by atoms with E-state index in [1.165, 1.54) is 0 Å². The van der Waals surface area contributed by atoms with E-state index < -0.39 is 0 Å². The number of aromatic nitrogens is 1. The van der Waals surface area contributed by atoms with Gasteiger partial charge in [0.1, 0.15) is 6.61 Å². The lowest BCUT2D eigenvalue weighted by Gasteiger charge is -2.15. The Morgan fingerprint density at radius 2 is 2.08 bits per heavy atom. The van der Waals surface area contributed by atoms with Gasteiger partial charge in [0.25, 0.3) is 0 Å². The van der Waals surface area contributed by atoms with Crippen molar-refractivity contribution in [1.82, 2.24) is 15.6 Å². The molecule has 0 unspecified atom stereocenters. The van der Waals surface area contributed by atoms with Crippen LogP contribution in [0.15, 0.2) is 41.1 Å². The van der Waals surface area contributed by atoms with Crippen molar-refractivity contribution in [3.05, 3.63) is 52.3 Å². The lowest BCUT2D eigenvalue weighted by atomic mass is 10.2. The molecular weight excluding hydrogens is 370 g/mol. The summed E-state index contributed by atoms with van der Waals surface area (Å²) < 4.78 is 12.3. The zero-order chi connectivity index (χ0) is 17.2. The zero-order valence-corrected chi connectivity index (χ0v) is 15.7. The van der Waals surface area contributed by atoms with Crippen LogP contribution in [-0.4, -0.2) is 32.2 Å². The summed E-state index contributed by atoms with van der Waals surface area (Å²) in [7, 11) is 3.62. The fourth-order valence-electron chi connectivity index (χ4n) is 2.28. The lowest BCUT2D eigenvalue weighted by molar-refractivity contribution is 0.282. The summed E-state index contributed by atoms with van der Waals surface area (Å²) in [6.07, 6.45) is 4.64. The second kappa shape index (κ2) is 10.3. The van der Waals surface area contributed by atoms with Gasteiger partial charge in [0.2, 0.25) is 0 Å². The van der Waals surface area contributed by atoms with E-state index >= 15 is 0 Å². The van der Waals surface area contributed by atoms with Crippen LogP contribution in [0.3, 0.4) is 0 Å². The van der Waals surface area contributed by atoms with Gasteiger partial charge in [-0.1, -0.05) is 6.07 Å².